The van der Waals surface area contributed by atoms with Crippen LogP contribution in [0, 0.1) is 0 Å². The highest BCUT2D eigenvalue weighted by atomic mass is 16.2. The van der Waals surface area contributed by atoms with E-state index in [-0.39, 0.29) is 18.0 Å². The number of fused-ring (bicyclic) bond motifs is 1. The largest absolute Gasteiger partial charge is 0.371 e. The summed E-state index contributed by atoms with van der Waals surface area (Å²) in [4.78, 5) is 27.4. The molecule has 1 aliphatic heterocycles. The number of aryl methyl sites for hydroxylation is 1. The molecule has 8 heteroatoms. The van der Waals surface area contributed by atoms with Crippen molar-refractivity contribution in [2.75, 3.05) is 23.3 Å². The average Bonchev–Trinajstić information content (AvgIpc) is 3.39. The first-order valence-electron chi connectivity index (χ1n) is 10.7. The number of nitrogens with one attached hydrogen (secondary N) is 3. The standard InChI is InChI=1S/C22H30N6O2/c1-15(21(29)25-16-7-5-8-17(13-16)28-11-3-4-12-28)24-22(30)26-19-9-6-10-20-18(19)14-23-27(20)2/h5,7-8,13-15,19H,3-4,6,9-12H2,1-2H3,(H,25,29)(H2,24,26,30). The molecule has 160 valence electrons. The molecule has 3 amide bonds. The van der Waals surface area contributed by atoms with E-state index in [0.29, 0.717) is 0 Å². The summed E-state index contributed by atoms with van der Waals surface area (Å²) in [6, 6.07) is 6.80. The Kier molecular flexibility index (Phi) is 5.92. The van der Waals surface area contributed by atoms with Crippen LogP contribution in [0.1, 0.15) is 49.9 Å². The third kappa shape index (κ3) is 4.42. The topological polar surface area (TPSA) is 91.3 Å². The number of carbonyl (C=O) groups is 2. The SMILES string of the molecule is CC(NC(=O)NC1CCCc2c1cnn2C)C(=O)Nc1cccc(N2CCCC2)c1. The highest BCUT2D eigenvalue weighted by Gasteiger charge is 2.26. The van der Waals surface area contributed by atoms with Crippen LogP contribution in [-0.2, 0) is 18.3 Å². The van der Waals surface area contributed by atoms with E-state index < -0.39 is 6.04 Å². The van der Waals surface area contributed by atoms with Crippen molar-refractivity contribution in [3.63, 3.8) is 0 Å². The summed E-state index contributed by atoms with van der Waals surface area (Å²) in [5.41, 5.74) is 4.09. The molecule has 1 aromatic carbocycles. The summed E-state index contributed by atoms with van der Waals surface area (Å²) in [6.07, 6.45) is 7.07. The Bertz CT molecular complexity index is 918. The molecule has 1 saturated heterocycles. The normalized spacial score (nSPS) is 19.1. The number of benzene rings is 1. The summed E-state index contributed by atoms with van der Waals surface area (Å²) < 4.78 is 1.87. The Morgan fingerprint density at radius 1 is 1.20 bits per heavy atom. The maximum Gasteiger partial charge on any atom is 0.315 e. The number of urea groups is 1. The van der Waals surface area contributed by atoms with Gasteiger partial charge in [0, 0.05) is 42.8 Å². The number of hydrogen-bond acceptors (Lipinski definition) is 4. The van der Waals surface area contributed by atoms with Gasteiger partial charge in [0.15, 0.2) is 0 Å². The lowest BCUT2D eigenvalue weighted by Crippen LogP contribution is -2.47. The number of aromatic nitrogens is 2. The molecule has 0 bridgehead atoms. The fourth-order valence-electron chi connectivity index (χ4n) is 4.32. The Hall–Kier alpha value is -3.03. The second kappa shape index (κ2) is 8.77. The van der Waals surface area contributed by atoms with E-state index in [0.717, 1.165) is 55.0 Å². The molecule has 0 saturated carbocycles. The quantitative estimate of drug-likeness (QED) is 0.707. The van der Waals surface area contributed by atoms with Crippen LogP contribution in [0.3, 0.4) is 0 Å². The van der Waals surface area contributed by atoms with Crippen molar-refractivity contribution in [3.05, 3.63) is 41.7 Å². The van der Waals surface area contributed by atoms with E-state index in [9.17, 15) is 9.59 Å². The molecule has 3 N–H and O–H groups in total. The number of carbonyl (C=O) groups excluding carboxylic acids is 2. The van der Waals surface area contributed by atoms with Crippen LogP contribution < -0.4 is 20.9 Å². The molecule has 4 rings (SSSR count). The van der Waals surface area contributed by atoms with Crippen molar-refractivity contribution in [2.45, 2.75) is 51.1 Å². The van der Waals surface area contributed by atoms with Gasteiger partial charge in [-0.1, -0.05) is 6.07 Å². The summed E-state index contributed by atoms with van der Waals surface area (Å²) in [5, 5.41) is 13.0. The van der Waals surface area contributed by atoms with E-state index in [1.165, 1.54) is 12.8 Å². The lowest BCUT2D eigenvalue weighted by Gasteiger charge is -2.25. The van der Waals surface area contributed by atoms with Gasteiger partial charge in [0.05, 0.1) is 12.2 Å². The first-order valence-corrected chi connectivity index (χ1v) is 10.7. The minimum absolute atomic E-state index is 0.0742. The van der Waals surface area contributed by atoms with Gasteiger partial charge in [-0.3, -0.25) is 9.48 Å². The van der Waals surface area contributed by atoms with E-state index in [1.807, 2.05) is 36.1 Å². The molecule has 0 radical (unpaired) electrons. The van der Waals surface area contributed by atoms with Crippen LogP contribution in [0.4, 0.5) is 16.2 Å². The van der Waals surface area contributed by atoms with Crippen LogP contribution in [-0.4, -0.2) is 40.9 Å². The Balaban J connectivity index is 1.31. The predicted octanol–water partition coefficient (Wildman–Crippen LogP) is 2.72. The van der Waals surface area contributed by atoms with E-state index in [1.54, 1.807) is 6.92 Å². The molecule has 2 aliphatic rings. The van der Waals surface area contributed by atoms with Crippen molar-refractivity contribution in [2.24, 2.45) is 7.05 Å². The second-order valence-corrected chi connectivity index (χ2v) is 8.19. The van der Waals surface area contributed by atoms with E-state index in [2.05, 4.69) is 32.0 Å². The van der Waals surface area contributed by atoms with Gasteiger partial charge in [-0.2, -0.15) is 5.10 Å². The van der Waals surface area contributed by atoms with Crippen molar-refractivity contribution >= 4 is 23.3 Å². The monoisotopic (exact) mass is 410 g/mol. The third-order valence-corrected chi connectivity index (χ3v) is 6.01. The molecular weight excluding hydrogens is 380 g/mol. The van der Waals surface area contributed by atoms with Crippen molar-refractivity contribution in [3.8, 4) is 0 Å². The lowest BCUT2D eigenvalue weighted by atomic mass is 9.93. The molecule has 1 aromatic heterocycles. The molecule has 1 fully saturated rings. The number of anilines is 2. The van der Waals surface area contributed by atoms with Crippen molar-refractivity contribution in [1.29, 1.82) is 0 Å². The molecular formula is C22H30N6O2. The zero-order valence-electron chi connectivity index (χ0n) is 17.6. The van der Waals surface area contributed by atoms with Gasteiger partial charge < -0.3 is 20.9 Å². The van der Waals surface area contributed by atoms with E-state index >= 15 is 0 Å². The number of nitrogens with zero attached hydrogens (tertiary/aromatic N) is 3. The minimum atomic E-state index is -0.655. The highest BCUT2D eigenvalue weighted by molar-refractivity contribution is 5.97. The van der Waals surface area contributed by atoms with Gasteiger partial charge in [0.1, 0.15) is 6.04 Å². The average molecular weight is 411 g/mol. The van der Waals surface area contributed by atoms with Crippen LogP contribution in [0.5, 0.6) is 0 Å². The molecule has 8 nitrogen and oxygen atoms in total. The maximum atomic E-state index is 12.6. The fourth-order valence-corrected chi connectivity index (χ4v) is 4.32. The van der Waals surface area contributed by atoms with Gasteiger partial charge in [-0.15, -0.1) is 0 Å². The first kappa shape index (κ1) is 20.3. The van der Waals surface area contributed by atoms with Gasteiger partial charge in [0.2, 0.25) is 5.91 Å². The summed E-state index contributed by atoms with van der Waals surface area (Å²) in [5.74, 6) is -0.241. The number of amides is 3. The molecule has 0 spiro atoms. The van der Waals surface area contributed by atoms with Crippen molar-refractivity contribution < 1.29 is 9.59 Å². The van der Waals surface area contributed by atoms with Crippen LogP contribution >= 0.6 is 0 Å². The zero-order valence-corrected chi connectivity index (χ0v) is 17.6. The highest BCUT2D eigenvalue weighted by Crippen LogP contribution is 2.29. The van der Waals surface area contributed by atoms with E-state index in [4.69, 9.17) is 0 Å². The lowest BCUT2D eigenvalue weighted by molar-refractivity contribution is -0.117. The summed E-state index contributed by atoms with van der Waals surface area (Å²) in [7, 11) is 1.92. The smallest absolute Gasteiger partial charge is 0.315 e. The Morgan fingerprint density at radius 3 is 2.80 bits per heavy atom. The van der Waals surface area contributed by atoms with Crippen LogP contribution in [0.2, 0.25) is 0 Å². The van der Waals surface area contributed by atoms with Gasteiger partial charge in [0.25, 0.3) is 0 Å². The fraction of sp³-hybridized carbons (Fsp3) is 0.500. The predicted molar refractivity (Wildman–Crippen MR) is 117 cm³/mol. The Labute approximate surface area is 177 Å². The molecule has 30 heavy (non-hydrogen) atoms. The summed E-state index contributed by atoms with van der Waals surface area (Å²) in [6.45, 7) is 3.79. The third-order valence-electron chi connectivity index (χ3n) is 6.01. The molecule has 2 heterocycles. The maximum absolute atomic E-state index is 12.6. The summed E-state index contributed by atoms with van der Waals surface area (Å²) >= 11 is 0. The van der Waals surface area contributed by atoms with Gasteiger partial charge in [-0.05, 0) is 57.2 Å². The van der Waals surface area contributed by atoms with Gasteiger partial charge in [-0.25, -0.2) is 4.79 Å². The molecule has 2 atom stereocenters. The zero-order chi connectivity index (χ0) is 21.1. The van der Waals surface area contributed by atoms with Gasteiger partial charge >= 0.3 is 6.03 Å². The number of rotatable bonds is 5. The first-order chi connectivity index (χ1) is 14.5. The molecule has 1 aliphatic carbocycles. The van der Waals surface area contributed by atoms with Crippen LogP contribution in [0.25, 0.3) is 0 Å². The molecule has 2 aromatic rings. The van der Waals surface area contributed by atoms with Crippen molar-refractivity contribution in [1.82, 2.24) is 20.4 Å². The number of hydrogen-bond donors (Lipinski definition) is 3. The second-order valence-electron chi connectivity index (χ2n) is 8.19. The minimum Gasteiger partial charge on any atom is -0.371 e. The molecule has 2 unspecified atom stereocenters. The van der Waals surface area contributed by atoms with Crippen LogP contribution in [0.15, 0.2) is 30.5 Å². The Morgan fingerprint density at radius 2 is 2.00 bits per heavy atom.